The maximum Gasteiger partial charge on any atom is 0.162 e. The first-order valence-corrected chi connectivity index (χ1v) is 8.68. The number of ether oxygens (including phenoxy) is 2. The van der Waals surface area contributed by atoms with E-state index in [1.54, 1.807) is 0 Å². The summed E-state index contributed by atoms with van der Waals surface area (Å²) in [6.45, 7) is 5.12. The summed E-state index contributed by atoms with van der Waals surface area (Å²) in [4.78, 5) is 0. The largest absolute Gasteiger partial charge is 0.349 e. The standard InChI is InChI=1S/C17H34N2O2/c1-15(2,20-13-16(18)9-5-3-6-10-16)21-14-17(19)11-7-4-8-12-17/h3-14,18-19H2,1-2H3. The summed E-state index contributed by atoms with van der Waals surface area (Å²) in [6, 6.07) is 0. The van der Waals surface area contributed by atoms with Crippen LogP contribution in [-0.2, 0) is 9.47 Å². The quantitative estimate of drug-likeness (QED) is 0.739. The van der Waals surface area contributed by atoms with Gasteiger partial charge < -0.3 is 20.9 Å². The van der Waals surface area contributed by atoms with Crippen LogP contribution < -0.4 is 11.5 Å². The molecule has 0 aromatic heterocycles. The van der Waals surface area contributed by atoms with Crippen LogP contribution in [0.3, 0.4) is 0 Å². The predicted molar refractivity (Wildman–Crippen MR) is 86.0 cm³/mol. The number of hydrogen-bond donors (Lipinski definition) is 2. The fraction of sp³-hybridized carbons (Fsp3) is 1.00. The van der Waals surface area contributed by atoms with Crippen molar-refractivity contribution in [1.82, 2.24) is 0 Å². The lowest BCUT2D eigenvalue weighted by atomic mass is 9.83. The van der Waals surface area contributed by atoms with Gasteiger partial charge in [0, 0.05) is 11.1 Å². The van der Waals surface area contributed by atoms with Gasteiger partial charge in [0.2, 0.25) is 0 Å². The Morgan fingerprint density at radius 3 is 1.38 bits per heavy atom. The monoisotopic (exact) mass is 298 g/mol. The maximum absolute atomic E-state index is 6.43. The van der Waals surface area contributed by atoms with E-state index in [0.29, 0.717) is 13.2 Å². The molecule has 4 heteroatoms. The van der Waals surface area contributed by atoms with Crippen LogP contribution in [0.1, 0.15) is 78.1 Å². The first kappa shape index (κ1) is 17.2. The molecular formula is C17H34N2O2. The molecule has 2 aliphatic carbocycles. The van der Waals surface area contributed by atoms with Crippen molar-refractivity contribution in [2.75, 3.05) is 13.2 Å². The zero-order chi connectivity index (χ0) is 15.4. The smallest absolute Gasteiger partial charge is 0.162 e. The van der Waals surface area contributed by atoms with Crippen LogP contribution in [0.15, 0.2) is 0 Å². The Kier molecular flexibility index (Phi) is 5.69. The molecule has 0 radical (unpaired) electrons. The van der Waals surface area contributed by atoms with Gasteiger partial charge in [-0.25, -0.2) is 0 Å². The molecule has 2 fully saturated rings. The van der Waals surface area contributed by atoms with E-state index in [-0.39, 0.29) is 11.1 Å². The molecule has 0 heterocycles. The second-order valence-electron chi connectivity index (χ2n) is 7.82. The van der Waals surface area contributed by atoms with Gasteiger partial charge in [0.25, 0.3) is 0 Å². The fourth-order valence-electron chi connectivity index (χ4n) is 3.48. The molecule has 2 saturated carbocycles. The van der Waals surface area contributed by atoms with Crippen LogP contribution in [0.4, 0.5) is 0 Å². The molecule has 2 rings (SSSR count). The van der Waals surface area contributed by atoms with Crippen molar-refractivity contribution in [3.05, 3.63) is 0 Å². The second-order valence-corrected chi connectivity index (χ2v) is 7.82. The molecule has 21 heavy (non-hydrogen) atoms. The van der Waals surface area contributed by atoms with E-state index in [1.165, 1.54) is 38.5 Å². The third-order valence-electron chi connectivity index (χ3n) is 5.11. The van der Waals surface area contributed by atoms with Crippen molar-refractivity contribution in [1.29, 1.82) is 0 Å². The molecule has 2 aliphatic rings. The van der Waals surface area contributed by atoms with Crippen LogP contribution in [0.5, 0.6) is 0 Å². The van der Waals surface area contributed by atoms with E-state index in [4.69, 9.17) is 20.9 Å². The minimum atomic E-state index is -0.604. The molecule has 0 saturated heterocycles. The van der Waals surface area contributed by atoms with E-state index >= 15 is 0 Å². The van der Waals surface area contributed by atoms with Crippen LogP contribution >= 0.6 is 0 Å². The molecule has 0 aromatic carbocycles. The van der Waals surface area contributed by atoms with Crippen LogP contribution in [0, 0.1) is 0 Å². The third kappa shape index (κ3) is 5.51. The highest BCUT2D eigenvalue weighted by molar-refractivity contribution is 4.89. The lowest BCUT2D eigenvalue weighted by Gasteiger charge is -2.39. The number of nitrogens with two attached hydrogens (primary N) is 2. The summed E-state index contributed by atoms with van der Waals surface area (Å²) in [5, 5.41) is 0. The highest BCUT2D eigenvalue weighted by atomic mass is 16.7. The van der Waals surface area contributed by atoms with E-state index in [0.717, 1.165) is 25.7 Å². The topological polar surface area (TPSA) is 70.5 Å². The fourth-order valence-corrected chi connectivity index (χ4v) is 3.48. The summed E-state index contributed by atoms with van der Waals surface area (Å²) in [7, 11) is 0. The van der Waals surface area contributed by atoms with Crippen LogP contribution in [0.25, 0.3) is 0 Å². The normalized spacial score (nSPS) is 25.7. The number of rotatable bonds is 6. The van der Waals surface area contributed by atoms with E-state index in [1.807, 2.05) is 13.8 Å². The van der Waals surface area contributed by atoms with Gasteiger partial charge in [-0.1, -0.05) is 38.5 Å². The Bertz CT molecular complexity index is 289. The Morgan fingerprint density at radius 1 is 0.714 bits per heavy atom. The summed E-state index contributed by atoms with van der Waals surface area (Å²) >= 11 is 0. The molecule has 0 bridgehead atoms. The highest BCUT2D eigenvalue weighted by Crippen LogP contribution is 2.30. The van der Waals surface area contributed by atoms with Gasteiger partial charge in [-0.2, -0.15) is 0 Å². The zero-order valence-electron chi connectivity index (χ0n) is 14.0. The Hall–Kier alpha value is -0.160. The van der Waals surface area contributed by atoms with Gasteiger partial charge in [-0.05, 0) is 39.5 Å². The van der Waals surface area contributed by atoms with E-state index < -0.39 is 5.79 Å². The van der Waals surface area contributed by atoms with Crippen molar-refractivity contribution in [2.24, 2.45) is 11.5 Å². The van der Waals surface area contributed by atoms with Crippen molar-refractivity contribution in [3.8, 4) is 0 Å². The molecule has 0 unspecified atom stereocenters. The molecule has 0 atom stereocenters. The first-order chi connectivity index (χ1) is 9.83. The Labute approximate surface area is 129 Å². The first-order valence-electron chi connectivity index (χ1n) is 8.68. The van der Waals surface area contributed by atoms with Gasteiger partial charge in [0.1, 0.15) is 0 Å². The van der Waals surface area contributed by atoms with Gasteiger partial charge >= 0.3 is 0 Å². The lowest BCUT2D eigenvalue weighted by molar-refractivity contribution is -0.230. The van der Waals surface area contributed by atoms with Crippen LogP contribution in [-0.4, -0.2) is 30.1 Å². The molecule has 0 aromatic rings. The molecule has 124 valence electrons. The predicted octanol–water partition coefficient (Wildman–Crippen LogP) is 3.08. The lowest BCUT2D eigenvalue weighted by Crippen LogP contribution is -2.51. The summed E-state index contributed by atoms with van der Waals surface area (Å²) in [5.41, 5.74) is 12.5. The summed E-state index contributed by atoms with van der Waals surface area (Å²) in [5.74, 6) is -0.604. The SMILES string of the molecule is CC(C)(OCC1(N)CCCCC1)OCC1(N)CCCCC1. The van der Waals surface area contributed by atoms with Gasteiger partial charge in [0.15, 0.2) is 5.79 Å². The average Bonchev–Trinajstić information content (AvgIpc) is 2.46. The molecule has 4 N–H and O–H groups in total. The molecular weight excluding hydrogens is 264 g/mol. The average molecular weight is 298 g/mol. The van der Waals surface area contributed by atoms with Gasteiger partial charge in [0.05, 0.1) is 13.2 Å². The van der Waals surface area contributed by atoms with Crippen molar-refractivity contribution in [2.45, 2.75) is 94.9 Å². The molecule has 0 spiro atoms. The van der Waals surface area contributed by atoms with Gasteiger partial charge in [-0.3, -0.25) is 0 Å². The Morgan fingerprint density at radius 2 is 1.05 bits per heavy atom. The maximum atomic E-state index is 6.43. The zero-order valence-corrected chi connectivity index (χ0v) is 14.0. The third-order valence-corrected chi connectivity index (χ3v) is 5.11. The second kappa shape index (κ2) is 6.95. The summed E-state index contributed by atoms with van der Waals surface area (Å²) in [6.07, 6.45) is 11.7. The molecule has 4 nitrogen and oxygen atoms in total. The van der Waals surface area contributed by atoms with Crippen molar-refractivity contribution < 1.29 is 9.47 Å². The molecule has 0 amide bonds. The highest BCUT2D eigenvalue weighted by Gasteiger charge is 2.34. The van der Waals surface area contributed by atoms with Gasteiger partial charge in [-0.15, -0.1) is 0 Å². The molecule has 0 aliphatic heterocycles. The minimum Gasteiger partial charge on any atom is -0.349 e. The van der Waals surface area contributed by atoms with Crippen LogP contribution in [0.2, 0.25) is 0 Å². The van der Waals surface area contributed by atoms with E-state index in [9.17, 15) is 0 Å². The summed E-state index contributed by atoms with van der Waals surface area (Å²) < 4.78 is 12.0. The number of hydrogen-bond acceptors (Lipinski definition) is 4. The van der Waals surface area contributed by atoms with Crippen molar-refractivity contribution >= 4 is 0 Å². The van der Waals surface area contributed by atoms with E-state index in [2.05, 4.69) is 0 Å². The minimum absolute atomic E-state index is 0.163. The van der Waals surface area contributed by atoms with Crippen molar-refractivity contribution in [3.63, 3.8) is 0 Å². The Balaban J connectivity index is 1.75.